The van der Waals surface area contributed by atoms with Gasteiger partial charge in [-0.25, -0.2) is 0 Å². The Morgan fingerprint density at radius 3 is 2.25 bits per heavy atom. The van der Waals surface area contributed by atoms with Gasteiger partial charge in [-0.2, -0.15) is 0 Å². The van der Waals surface area contributed by atoms with Gasteiger partial charge in [0.2, 0.25) is 5.91 Å². The molecule has 4 heteroatoms. The summed E-state index contributed by atoms with van der Waals surface area (Å²) in [7, 11) is 0. The Labute approximate surface area is 117 Å². The Morgan fingerprint density at radius 2 is 1.60 bits per heavy atom. The maximum atomic E-state index is 10.9. The van der Waals surface area contributed by atoms with Gasteiger partial charge in [-0.1, -0.05) is 54.6 Å². The number of rotatable bonds is 5. The van der Waals surface area contributed by atoms with E-state index in [1.54, 1.807) is 12.1 Å². The Morgan fingerprint density at radius 1 is 1.00 bits per heavy atom. The van der Waals surface area contributed by atoms with Crippen molar-refractivity contribution in [2.24, 2.45) is 5.73 Å². The average Bonchev–Trinajstić information content (AvgIpc) is 2.46. The SMILES string of the molecule is NC(=O)CC(O)C(O)c1ccccc1-c1ccccc1. The first-order valence-corrected chi connectivity index (χ1v) is 6.38. The zero-order valence-corrected chi connectivity index (χ0v) is 10.9. The minimum Gasteiger partial charge on any atom is -0.390 e. The molecule has 0 aliphatic rings. The van der Waals surface area contributed by atoms with Gasteiger partial charge in [-0.05, 0) is 16.7 Å². The van der Waals surface area contributed by atoms with E-state index in [1.807, 2.05) is 42.5 Å². The van der Waals surface area contributed by atoms with Crippen LogP contribution in [0.15, 0.2) is 54.6 Å². The quantitative estimate of drug-likeness (QED) is 0.772. The second-order valence-electron chi connectivity index (χ2n) is 4.64. The summed E-state index contributed by atoms with van der Waals surface area (Å²) in [5, 5.41) is 20.1. The predicted octanol–water partition coefficient (Wildman–Crippen LogP) is 1.62. The van der Waals surface area contributed by atoms with Crippen molar-refractivity contribution in [1.82, 2.24) is 0 Å². The van der Waals surface area contributed by atoms with E-state index in [1.165, 1.54) is 0 Å². The molecule has 2 unspecified atom stereocenters. The molecular weight excluding hydrogens is 254 g/mol. The van der Waals surface area contributed by atoms with Crippen molar-refractivity contribution in [3.8, 4) is 11.1 Å². The van der Waals surface area contributed by atoms with E-state index < -0.39 is 18.1 Å². The molecule has 0 spiro atoms. The van der Waals surface area contributed by atoms with Gasteiger partial charge in [0.25, 0.3) is 0 Å². The molecule has 0 fully saturated rings. The number of carbonyl (C=O) groups excluding carboxylic acids is 1. The lowest BCUT2D eigenvalue weighted by Gasteiger charge is -2.20. The smallest absolute Gasteiger partial charge is 0.220 e. The Bertz CT molecular complexity index is 583. The van der Waals surface area contributed by atoms with Crippen molar-refractivity contribution in [3.63, 3.8) is 0 Å². The zero-order chi connectivity index (χ0) is 14.5. The third-order valence-corrected chi connectivity index (χ3v) is 3.14. The molecule has 0 bridgehead atoms. The van der Waals surface area contributed by atoms with Crippen LogP contribution in [0.4, 0.5) is 0 Å². The molecule has 2 rings (SSSR count). The molecule has 2 aromatic rings. The second-order valence-corrected chi connectivity index (χ2v) is 4.64. The largest absolute Gasteiger partial charge is 0.390 e. The van der Waals surface area contributed by atoms with Gasteiger partial charge in [0.05, 0.1) is 12.5 Å². The molecule has 0 heterocycles. The second kappa shape index (κ2) is 6.32. The number of carbonyl (C=O) groups is 1. The Kier molecular flexibility index (Phi) is 4.50. The van der Waals surface area contributed by atoms with E-state index in [9.17, 15) is 15.0 Å². The standard InChI is InChI=1S/C16H17NO3/c17-15(19)10-14(18)16(20)13-9-5-4-8-12(13)11-6-2-1-3-7-11/h1-9,14,16,18,20H,10H2,(H2,17,19). The van der Waals surface area contributed by atoms with E-state index in [2.05, 4.69) is 0 Å². The summed E-state index contributed by atoms with van der Waals surface area (Å²) in [6.07, 6.45) is -2.64. The molecule has 2 atom stereocenters. The van der Waals surface area contributed by atoms with Crippen LogP contribution in [0.5, 0.6) is 0 Å². The van der Waals surface area contributed by atoms with Crippen molar-refractivity contribution >= 4 is 5.91 Å². The molecule has 2 aromatic carbocycles. The van der Waals surface area contributed by atoms with Crippen molar-refractivity contribution in [1.29, 1.82) is 0 Å². The van der Waals surface area contributed by atoms with Crippen molar-refractivity contribution in [2.45, 2.75) is 18.6 Å². The third-order valence-electron chi connectivity index (χ3n) is 3.14. The molecule has 0 radical (unpaired) electrons. The van der Waals surface area contributed by atoms with E-state index in [0.717, 1.165) is 11.1 Å². The van der Waals surface area contributed by atoms with E-state index in [4.69, 9.17) is 5.73 Å². The summed E-state index contributed by atoms with van der Waals surface area (Å²) < 4.78 is 0. The van der Waals surface area contributed by atoms with Crippen LogP contribution in [0.1, 0.15) is 18.1 Å². The molecule has 0 saturated heterocycles. The molecule has 0 aliphatic carbocycles. The number of aliphatic hydroxyl groups excluding tert-OH is 2. The molecule has 0 aromatic heterocycles. The number of amides is 1. The van der Waals surface area contributed by atoms with E-state index in [-0.39, 0.29) is 6.42 Å². The minimum atomic E-state index is -1.21. The highest BCUT2D eigenvalue weighted by Crippen LogP contribution is 2.30. The van der Waals surface area contributed by atoms with Crippen LogP contribution in [0.2, 0.25) is 0 Å². The lowest BCUT2D eigenvalue weighted by Crippen LogP contribution is -2.26. The lowest BCUT2D eigenvalue weighted by atomic mass is 9.93. The summed E-state index contributed by atoms with van der Waals surface area (Å²) in [5.41, 5.74) is 7.39. The van der Waals surface area contributed by atoms with Gasteiger partial charge in [0.15, 0.2) is 0 Å². The monoisotopic (exact) mass is 271 g/mol. The van der Waals surface area contributed by atoms with Crippen molar-refractivity contribution in [3.05, 3.63) is 60.2 Å². The van der Waals surface area contributed by atoms with Gasteiger partial charge in [0, 0.05) is 0 Å². The molecule has 4 nitrogen and oxygen atoms in total. The van der Waals surface area contributed by atoms with E-state index >= 15 is 0 Å². The normalized spacial score (nSPS) is 13.7. The molecule has 104 valence electrons. The predicted molar refractivity (Wildman–Crippen MR) is 76.7 cm³/mol. The Hall–Kier alpha value is -2.17. The summed E-state index contributed by atoms with van der Waals surface area (Å²) in [6, 6.07) is 16.8. The number of nitrogens with two attached hydrogens (primary N) is 1. The first kappa shape index (κ1) is 14.2. The minimum absolute atomic E-state index is 0.274. The van der Waals surface area contributed by atoms with Gasteiger partial charge in [-0.15, -0.1) is 0 Å². The van der Waals surface area contributed by atoms with Crippen LogP contribution in [-0.4, -0.2) is 22.2 Å². The molecule has 1 amide bonds. The molecule has 0 aliphatic heterocycles. The first-order valence-electron chi connectivity index (χ1n) is 6.38. The van der Waals surface area contributed by atoms with Crippen LogP contribution in [0, 0.1) is 0 Å². The first-order chi connectivity index (χ1) is 9.59. The number of hydrogen-bond acceptors (Lipinski definition) is 3. The zero-order valence-electron chi connectivity index (χ0n) is 10.9. The number of aliphatic hydroxyl groups is 2. The highest BCUT2D eigenvalue weighted by molar-refractivity contribution is 5.74. The fourth-order valence-electron chi connectivity index (χ4n) is 2.16. The molecular formula is C16H17NO3. The summed E-state index contributed by atoms with van der Waals surface area (Å²) in [4.78, 5) is 10.9. The van der Waals surface area contributed by atoms with Crippen LogP contribution in [0.25, 0.3) is 11.1 Å². The Balaban J connectivity index is 2.35. The summed E-state index contributed by atoms with van der Waals surface area (Å²) >= 11 is 0. The highest BCUT2D eigenvalue weighted by atomic mass is 16.3. The van der Waals surface area contributed by atoms with Crippen LogP contribution in [0.3, 0.4) is 0 Å². The molecule has 20 heavy (non-hydrogen) atoms. The summed E-state index contributed by atoms with van der Waals surface area (Å²) in [6.45, 7) is 0. The lowest BCUT2D eigenvalue weighted by molar-refractivity contribution is -0.121. The topological polar surface area (TPSA) is 83.6 Å². The number of primary amides is 1. The maximum Gasteiger partial charge on any atom is 0.220 e. The third kappa shape index (κ3) is 3.23. The van der Waals surface area contributed by atoms with E-state index in [0.29, 0.717) is 5.56 Å². The fraction of sp³-hybridized carbons (Fsp3) is 0.188. The van der Waals surface area contributed by atoms with Gasteiger partial charge in [0.1, 0.15) is 6.10 Å². The van der Waals surface area contributed by atoms with Gasteiger partial charge >= 0.3 is 0 Å². The van der Waals surface area contributed by atoms with Crippen LogP contribution >= 0.6 is 0 Å². The maximum absolute atomic E-state index is 10.9. The van der Waals surface area contributed by atoms with Crippen LogP contribution in [-0.2, 0) is 4.79 Å². The summed E-state index contributed by atoms with van der Waals surface area (Å²) in [5.74, 6) is -0.645. The number of benzene rings is 2. The number of hydrogen-bond donors (Lipinski definition) is 3. The molecule has 0 saturated carbocycles. The highest BCUT2D eigenvalue weighted by Gasteiger charge is 2.22. The van der Waals surface area contributed by atoms with Crippen molar-refractivity contribution < 1.29 is 15.0 Å². The molecule has 4 N–H and O–H groups in total. The van der Waals surface area contributed by atoms with Gasteiger partial charge < -0.3 is 15.9 Å². The fourth-order valence-corrected chi connectivity index (χ4v) is 2.16. The van der Waals surface area contributed by atoms with Crippen molar-refractivity contribution in [2.75, 3.05) is 0 Å². The average molecular weight is 271 g/mol. The van der Waals surface area contributed by atoms with Crippen LogP contribution < -0.4 is 5.73 Å². The van der Waals surface area contributed by atoms with Gasteiger partial charge in [-0.3, -0.25) is 4.79 Å².